The number of rotatable bonds is 3. The molecule has 0 radical (unpaired) electrons. The second kappa shape index (κ2) is 7.18. The maximum atomic E-state index is 13.1. The zero-order valence-electron chi connectivity index (χ0n) is 13.6. The Bertz CT molecular complexity index is 876. The highest BCUT2D eigenvalue weighted by atomic mass is 79.9. The zero-order chi connectivity index (χ0) is 17.2. The van der Waals surface area contributed by atoms with Crippen LogP contribution >= 0.6 is 27.7 Å². The maximum Gasteiger partial charge on any atom is 0.193 e. The summed E-state index contributed by atoms with van der Waals surface area (Å²) in [6.45, 7) is 0.955. The standard InChI is InChI=1S/C20H17BrN2OS/c21-16-10-15(11-22-12-16)19(24)17-8-4-5-9-23-18(13-25-20(17)23)14-6-2-1-3-7-14/h1-3,6-7,10-13H,4-5,8-9H2. The lowest BCUT2D eigenvalue weighted by molar-refractivity contribution is 0.102. The van der Waals surface area contributed by atoms with Crippen LogP contribution in [-0.4, -0.2) is 22.2 Å². The number of carbonyl (C=O) groups is 1. The van der Waals surface area contributed by atoms with E-state index < -0.39 is 0 Å². The Morgan fingerprint density at radius 3 is 2.80 bits per heavy atom. The molecule has 0 atom stereocenters. The summed E-state index contributed by atoms with van der Waals surface area (Å²) in [5.41, 5.74) is 3.94. The summed E-state index contributed by atoms with van der Waals surface area (Å²) in [6, 6.07) is 12.2. The predicted molar refractivity (Wildman–Crippen MR) is 106 cm³/mol. The smallest absolute Gasteiger partial charge is 0.193 e. The highest BCUT2D eigenvalue weighted by molar-refractivity contribution is 9.10. The SMILES string of the molecule is O=C(C1=C2SC=C(c3ccccc3)N2CCCC1)c1cncc(Br)c1. The van der Waals surface area contributed by atoms with Gasteiger partial charge in [0, 0.05) is 40.0 Å². The Morgan fingerprint density at radius 2 is 2.00 bits per heavy atom. The lowest BCUT2D eigenvalue weighted by Crippen LogP contribution is -2.19. The monoisotopic (exact) mass is 412 g/mol. The summed E-state index contributed by atoms with van der Waals surface area (Å²) in [6.07, 6.45) is 6.29. The summed E-state index contributed by atoms with van der Waals surface area (Å²) in [5.74, 6) is 0.0888. The van der Waals surface area contributed by atoms with E-state index in [4.69, 9.17) is 0 Å². The summed E-state index contributed by atoms with van der Waals surface area (Å²) in [5, 5.41) is 3.25. The molecule has 0 saturated heterocycles. The van der Waals surface area contributed by atoms with E-state index in [0.717, 1.165) is 40.9 Å². The molecule has 126 valence electrons. The lowest BCUT2D eigenvalue weighted by Gasteiger charge is -2.23. The third-order valence-electron chi connectivity index (χ3n) is 4.45. The molecule has 2 aliphatic rings. The molecule has 5 heteroatoms. The first-order valence-corrected chi connectivity index (χ1v) is 9.99. The van der Waals surface area contributed by atoms with Crippen LogP contribution in [0, 0.1) is 0 Å². The van der Waals surface area contributed by atoms with Gasteiger partial charge in [-0.2, -0.15) is 0 Å². The van der Waals surface area contributed by atoms with E-state index in [1.54, 1.807) is 24.2 Å². The summed E-state index contributed by atoms with van der Waals surface area (Å²) < 4.78 is 0.830. The second-order valence-electron chi connectivity index (χ2n) is 6.10. The van der Waals surface area contributed by atoms with Crippen molar-refractivity contribution in [2.24, 2.45) is 0 Å². The van der Waals surface area contributed by atoms with Crippen molar-refractivity contribution >= 4 is 39.2 Å². The molecule has 1 aromatic carbocycles. The average Bonchev–Trinajstić information content (AvgIpc) is 2.94. The maximum absolute atomic E-state index is 13.1. The third kappa shape index (κ3) is 3.31. The van der Waals surface area contributed by atoms with Crippen LogP contribution < -0.4 is 0 Å². The summed E-state index contributed by atoms with van der Waals surface area (Å²) in [7, 11) is 0. The highest BCUT2D eigenvalue weighted by Crippen LogP contribution is 2.44. The second-order valence-corrected chi connectivity index (χ2v) is 7.87. The van der Waals surface area contributed by atoms with Gasteiger partial charge in [0.05, 0.1) is 10.7 Å². The molecule has 4 rings (SSSR count). The fourth-order valence-electron chi connectivity index (χ4n) is 3.24. The van der Waals surface area contributed by atoms with Gasteiger partial charge in [-0.1, -0.05) is 42.1 Å². The van der Waals surface area contributed by atoms with Crippen molar-refractivity contribution in [2.75, 3.05) is 6.54 Å². The molecule has 0 spiro atoms. The number of pyridine rings is 1. The van der Waals surface area contributed by atoms with Crippen molar-refractivity contribution in [1.29, 1.82) is 0 Å². The Balaban J connectivity index is 1.72. The molecule has 2 aliphatic heterocycles. The molecule has 25 heavy (non-hydrogen) atoms. The van der Waals surface area contributed by atoms with E-state index in [1.165, 1.54) is 11.3 Å². The Hall–Kier alpha value is -1.85. The molecule has 0 saturated carbocycles. The number of nitrogens with zero attached hydrogens (tertiary/aromatic N) is 2. The van der Waals surface area contributed by atoms with Crippen molar-refractivity contribution in [1.82, 2.24) is 9.88 Å². The molecule has 0 unspecified atom stereocenters. The van der Waals surface area contributed by atoms with Crippen LogP contribution in [0.3, 0.4) is 0 Å². The van der Waals surface area contributed by atoms with Gasteiger partial charge in [0.15, 0.2) is 5.78 Å². The molecule has 3 nitrogen and oxygen atoms in total. The van der Waals surface area contributed by atoms with Crippen LogP contribution in [0.2, 0.25) is 0 Å². The van der Waals surface area contributed by atoms with Crippen LogP contribution in [0.15, 0.2) is 69.3 Å². The Labute approximate surface area is 160 Å². The van der Waals surface area contributed by atoms with Crippen molar-refractivity contribution in [3.8, 4) is 0 Å². The van der Waals surface area contributed by atoms with Gasteiger partial charge < -0.3 is 4.90 Å². The lowest BCUT2D eigenvalue weighted by atomic mass is 10.0. The number of Topliss-reactive ketones (excluding diaryl/α,β-unsaturated/α-hetero) is 1. The van der Waals surface area contributed by atoms with E-state index in [0.29, 0.717) is 5.56 Å². The number of hydrogen-bond acceptors (Lipinski definition) is 4. The fourth-order valence-corrected chi connectivity index (χ4v) is 4.74. The van der Waals surface area contributed by atoms with Gasteiger partial charge in [-0.3, -0.25) is 9.78 Å². The molecule has 0 fully saturated rings. The van der Waals surface area contributed by atoms with Crippen molar-refractivity contribution < 1.29 is 4.79 Å². The number of fused-ring (bicyclic) bond motifs is 1. The number of halogens is 1. The molecule has 1 aromatic heterocycles. The van der Waals surface area contributed by atoms with Gasteiger partial charge >= 0.3 is 0 Å². The molecular formula is C20H17BrN2OS. The fraction of sp³-hybridized carbons (Fsp3) is 0.200. The molecular weight excluding hydrogens is 396 g/mol. The van der Waals surface area contributed by atoms with E-state index in [-0.39, 0.29) is 5.78 Å². The zero-order valence-corrected chi connectivity index (χ0v) is 16.0. The van der Waals surface area contributed by atoms with Gasteiger partial charge in [-0.25, -0.2) is 0 Å². The van der Waals surface area contributed by atoms with Gasteiger partial charge in [-0.15, -0.1) is 0 Å². The minimum absolute atomic E-state index is 0.0888. The van der Waals surface area contributed by atoms with E-state index in [9.17, 15) is 4.79 Å². The largest absolute Gasteiger partial charge is 0.335 e. The number of allylic oxidation sites excluding steroid dienone is 1. The number of aromatic nitrogens is 1. The van der Waals surface area contributed by atoms with E-state index >= 15 is 0 Å². The van der Waals surface area contributed by atoms with E-state index in [2.05, 4.69) is 55.5 Å². The first-order valence-electron chi connectivity index (χ1n) is 8.32. The van der Waals surface area contributed by atoms with Crippen molar-refractivity contribution in [3.05, 3.63) is 80.4 Å². The van der Waals surface area contributed by atoms with Crippen LogP contribution in [0.5, 0.6) is 0 Å². The van der Waals surface area contributed by atoms with Gasteiger partial charge in [0.1, 0.15) is 0 Å². The molecule has 0 N–H and O–H groups in total. The van der Waals surface area contributed by atoms with Crippen LogP contribution in [0.25, 0.3) is 5.70 Å². The third-order valence-corrected chi connectivity index (χ3v) is 5.91. The first-order chi connectivity index (χ1) is 12.2. The molecule has 0 bridgehead atoms. The number of hydrogen-bond donors (Lipinski definition) is 0. The number of thioether (sulfide) groups is 1. The van der Waals surface area contributed by atoms with E-state index in [1.807, 2.05) is 12.1 Å². The quantitative estimate of drug-likeness (QED) is 0.625. The van der Waals surface area contributed by atoms with Gasteiger partial charge in [0.2, 0.25) is 0 Å². The minimum Gasteiger partial charge on any atom is -0.335 e. The molecule has 0 amide bonds. The van der Waals surface area contributed by atoms with Crippen molar-refractivity contribution in [3.63, 3.8) is 0 Å². The Morgan fingerprint density at radius 1 is 1.16 bits per heavy atom. The molecule has 3 heterocycles. The number of ketones is 1. The number of benzene rings is 1. The number of carbonyl (C=O) groups excluding carboxylic acids is 1. The van der Waals surface area contributed by atoms with Crippen molar-refractivity contribution in [2.45, 2.75) is 19.3 Å². The average molecular weight is 413 g/mol. The van der Waals surface area contributed by atoms with Crippen LogP contribution in [-0.2, 0) is 0 Å². The summed E-state index contributed by atoms with van der Waals surface area (Å²) in [4.78, 5) is 19.6. The van der Waals surface area contributed by atoms with Crippen LogP contribution in [0.4, 0.5) is 0 Å². The summed E-state index contributed by atoms with van der Waals surface area (Å²) >= 11 is 5.08. The molecule has 0 aliphatic carbocycles. The predicted octanol–water partition coefficient (Wildman–Crippen LogP) is 5.47. The molecule has 2 aromatic rings. The van der Waals surface area contributed by atoms with Crippen LogP contribution in [0.1, 0.15) is 35.2 Å². The van der Waals surface area contributed by atoms with Gasteiger partial charge in [-0.05, 0) is 46.8 Å². The highest BCUT2D eigenvalue weighted by Gasteiger charge is 2.30. The topological polar surface area (TPSA) is 33.2 Å². The Kier molecular flexibility index (Phi) is 4.77. The first kappa shape index (κ1) is 16.6. The van der Waals surface area contributed by atoms with Gasteiger partial charge in [0.25, 0.3) is 0 Å². The minimum atomic E-state index is 0.0888. The normalized spacial score (nSPS) is 17.2.